The maximum absolute atomic E-state index is 12.4. The largest absolute Gasteiger partial charge is 0.378 e. The number of nitrogens with zero attached hydrogens (tertiary/aromatic N) is 4. The highest BCUT2D eigenvalue weighted by Crippen LogP contribution is 2.24. The second kappa shape index (κ2) is 7.97. The standard InChI is InChI=1S/C21H20N4O2/c26-20(24-12-14-27-15-13-24)7-6-18-16-25(19-4-2-1-3-5-19)23-21(18)17-8-10-22-11-9-17/h1-11,16H,12-15H2/b7-6+. The molecule has 1 aromatic carbocycles. The summed E-state index contributed by atoms with van der Waals surface area (Å²) >= 11 is 0. The van der Waals surface area contributed by atoms with Crippen molar-refractivity contribution in [1.82, 2.24) is 19.7 Å². The van der Waals surface area contributed by atoms with Crippen LogP contribution in [0.5, 0.6) is 0 Å². The first-order valence-corrected chi connectivity index (χ1v) is 8.91. The predicted molar refractivity (Wildman–Crippen MR) is 103 cm³/mol. The highest BCUT2D eigenvalue weighted by molar-refractivity contribution is 5.93. The number of hydrogen-bond acceptors (Lipinski definition) is 4. The van der Waals surface area contributed by atoms with Gasteiger partial charge in [-0.05, 0) is 30.3 Å². The summed E-state index contributed by atoms with van der Waals surface area (Å²) in [5.74, 6) is -0.00793. The Morgan fingerprint density at radius 3 is 2.52 bits per heavy atom. The number of carbonyl (C=O) groups is 1. The van der Waals surface area contributed by atoms with Crippen LogP contribution in [-0.2, 0) is 9.53 Å². The number of amides is 1. The van der Waals surface area contributed by atoms with Crippen molar-refractivity contribution in [2.75, 3.05) is 26.3 Å². The van der Waals surface area contributed by atoms with Crippen LogP contribution in [0, 0.1) is 0 Å². The Morgan fingerprint density at radius 2 is 1.78 bits per heavy atom. The zero-order valence-corrected chi connectivity index (χ0v) is 14.9. The van der Waals surface area contributed by atoms with Crippen molar-refractivity contribution in [3.05, 3.63) is 72.7 Å². The van der Waals surface area contributed by atoms with E-state index in [0.717, 1.165) is 22.5 Å². The number of carbonyl (C=O) groups excluding carboxylic acids is 1. The molecule has 2 aromatic heterocycles. The zero-order valence-electron chi connectivity index (χ0n) is 14.9. The van der Waals surface area contributed by atoms with Crippen LogP contribution in [0.25, 0.3) is 23.0 Å². The Morgan fingerprint density at radius 1 is 1.04 bits per heavy atom. The van der Waals surface area contributed by atoms with Gasteiger partial charge in [0.2, 0.25) is 5.91 Å². The second-order valence-electron chi connectivity index (χ2n) is 6.22. The van der Waals surface area contributed by atoms with Crippen LogP contribution in [-0.4, -0.2) is 51.9 Å². The summed E-state index contributed by atoms with van der Waals surface area (Å²) in [6, 6.07) is 13.7. The third-order valence-corrected chi connectivity index (χ3v) is 4.45. The quantitative estimate of drug-likeness (QED) is 0.671. The number of rotatable bonds is 4. The fraction of sp³-hybridized carbons (Fsp3) is 0.190. The number of ether oxygens (including phenoxy) is 1. The summed E-state index contributed by atoms with van der Waals surface area (Å²) in [6.45, 7) is 2.44. The Hall–Kier alpha value is -3.25. The number of pyridine rings is 1. The van der Waals surface area contributed by atoms with E-state index < -0.39 is 0 Å². The first kappa shape index (κ1) is 17.2. The number of benzene rings is 1. The predicted octanol–water partition coefficient (Wildman–Crippen LogP) is 2.81. The average molecular weight is 360 g/mol. The molecule has 4 rings (SSSR count). The molecule has 0 radical (unpaired) electrons. The van der Waals surface area contributed by atoms with Gasteiger partial charge in [-0.2, -0.15) is 5.10 Å². The van der Waals surface area contributed by atoms with Gasteiger partial charge in [-0.1, -0.05) is 18.2 Å². The first-order valence-electron chi connectivity index (χ1n) is 8.91. The number of morpholine rings is 1. The van der Waals surface area contributed by atoms with Gasteiger partial charge in [0.1, 0.15) is 5.69 Å². The van der Waals surface area contributed by atoms with Crippen molar-refractivity contribution < 1.29 is 9.53 Å². The minimum absolute atomic E-state index is 0.00793. The van der Waals surface area contributed by atoms with Gasteiger partial charge in [0.25, 0.3) is 0 Å². The summed E-state index contributed by atoms with van der Waals surface area (Å²) in [4.78, 5) is 18.3. The van der Waals surface area contributed by atoms with Gasteiger partial charge in [-0.25, -0.2) is 4.68 Å². The molecule has 6 nitrogen and oxygen atoms in total. The van der Waals surface area contributed by atoms with Gasteiger partial charge in [0.05, 0.1) is 18.9 Å². The topological polar surface area (TPSA) is 60.2 Å². The van der Waals surface area contributed by atoms with Crippen molar-refractivity contribution in [2.24, 2.45) is 0 Å². The van der Waals surface area contributed by atoms with Crippen LogP contribution in [0.2, 0.25) is 0 Å². The summed E-state index contributed by atoms with van der Waals surface area (Å²) in [5.41, 5.74) is 3.61. The molecule has 0 spiro atoms. The second-order valence-corrected chi connectivity index (χ2v) is 6.22. The van der Waals surface area contributed by atoms with E-state index in [4.69, 9.17) is 9.84 Å². The SMILES string of the molecule is O=C(/C=C/c1cn(-c2ccccc2)nc1-c1ccncc1)N1CCOCC1. The van der Waals surface area contributed by atoms with E-state index >= 15 is 0 Å². The van der Waals surface area contributed by atoms with E-state index in [9.17, 15) is 4.79 Å². The summed E-state index contributed by atoms with van der Waals surface area (Å²) < 4.78 is 7.13. The molecule has 3 aromatic rings. The highest BCUT2D eigenvalue weighted by atomic mass is 16.5. The van der Waals surface area contributed by atoms with Crippen LogP contribution >= 0.6 is 0 Å². The molecule has 0 atom stereocenters. The van der Waals surface area contributed by atoms with Crippen molar-refractivity contribution in [3.63, 3.8) is 0 Å². The summed E-state index contributed by atoms with van der Waals surface area (Å²) in [7, 11) is 0. The van der Waals surface area contributed by atoms with Gasteiger partial charge in [0.15, 0.2) is 0 Å². The smallest absolute Gasteiger partial charge is 0.246 e. The van der Waals surface area contributed by atoms with Gasteiger partial charge in [0, 0.05) is 48.9 Å². The molecule has 1 saturated heterocycles. The van der Waals surface area contributed by atoms with E-state index in [-0.39, 0.29) is 5.91 Å². The number of hydrogen-bond donors (Lipinski definition) is 0. The first-order chi connectivity index (χ1) is 13.3. The molecule has 3 heterocycles. The Balaban J connectivity index is 1.67. The lowest BCUT2D eigenvalue weighted by atomic mass is 10.1. The third kappa shape index (κ3) is 3.96. The van der Waals surface area contributed by atoms with Crippen molar-refractivity contribution in [2.45, 2.75) is 0 Å². The van der Waals surface area contributed by atoms with Gasteiger partial charge in [-0.15, -0.1) is 0 Å². The molecule has 1 aliphatic rings. The highest BCUT2D eigenvalue weighted by Gasteiger charge is 2.15. The van der Waals surface area contributed by atoms with Crippen molar-refractivity contribution in [3.8, 4) is 16.9 Å². The molecule has 0 N–H and O–H groups in total. The van der Waals surface area contributed by atoms with E-state index in [0.29, 0.717) is 26.3 Å². The lowest BCUT2D eigenvalue weighted by Crippen LogP contribution is -2.39. The van der Waals surface area contributed by atoms with Crippen LogP contribution in [0.4, 0.5) is 0 Å². The molecule has 1 amide bonds. The Labute approximate surface area is 157 Å². The fourth-order valence-electron chi connectivity index (χ4n) is 3.01. The Kier molecular flexibility index (Phi) is 5.07. The molecule has 0 aliphatic carbocycles. The fourth-order valence-corrected chi connectivity index (χ4v) is 3.01. The van der Waals surface area contributed by atoms with Gasteiger partial charge >= 0.3 is 0 Å². The van der Waals surface area contributed by atoms with E-state index in [1.807, 2.05) is 59.4 Å². The molecule has 1 aliphatic heterocycles. The lowest BCUT2D eigenvalue weighted by molar-refractivity contribution is -0.129. The monoisotopic (exact) mass is 360 g/mol. The van der Waals surface area contributed by atoms with Crippen molar-refractivity contribution in [1.29, 1.82) is 0 Å². The lowest BCUT2D eigenvalue weighted by Gasteiger charge is -2.25. The molecule has 6 heteroatoms. The van der Waals surface area contributed by atoms with Crippen LogP contribution in [0.3, 0.4) is 0 Å². The van der Waals surface area contributed by atoms with E-state index in [1.54, 1.807) is 23.4 Å². The normalized spacial score (nSPS) is 14.6. The van der Waals surface area contributed by atoms with Gasteiger partial charge < -0.3 is 9.64 Å². The maximum Gasteiger partial charge on any atom is 0.246 e. The van der Waals surface area contributed by atoms with E-state index in [1.165, 1.54) is 0 Å². The molecule has 136 valence electrons. The summed E-state index contributed by atoms with van der Waals surface area (Å²) in [6.07, 6.45) is 8.86. The maximum atomic E-state index is 12.4. The molecule has 1 fully saturated rings. The van der Waals surface area contributed by atoms with Gasteiger partial charge in [-0.3, -0.25) is 9.78 Å². The average Bonchev–Trinajstić information content (AvgIpc) is 3.18. The molecule has 27 heavy (non-hydrogen) atoms. The van der Waals surface area contributed by atoms with Crippen molar-refractivity contribution >= 4 is 12.0 Å². The minimum Gasteiger partial charge on any atom is -0.378 e. The molecule has 0 bridgehead atoms. The Bertz CT molecular complexity index is 929. The molecular formula is C21H20N4O2. The minimum atomic E-state index is -0.00793. The zero-order chi connectivity index (χ0) is 18.5. The molecule has 0 unspecified atom stereocenters. The van der Waals surface area contributed by atoms with Crippen LogP contribution < -0.4 is 0 Å². The molecule has 0 saturated carbocycles. The van der Waals surface area contributed by atoms with Crippen LogP contribution in [0.1, 0.15) is 5.56 Å². The number of aromatic nitrogens is 3. The summed E-state index contributed by atoms with van der Waals surface area (Å²) in [5, 5.41) is 4.73. The molecular weight excluding hydrogens is 340 g/mol. The van der Waals surface area contributed by atoms with Crippen LogP contribution in [0.15, 0.2) is 67.1 Å². The third-order valence-electron chi connectivity index (χ3n) is 4.45. The number of para-hydroxylation sites is 1. The van der Waals surface area contributed by atoms with E-state index in [2.05, 4.69) is 4.98 Å².